The molecule has 182 valence electrons. The Morgan fingerprint density at radius 1 is 1.06 bits per heavy atom. The molecule has 2 bridgehead atoms. The van der Waals surface area contributed by atoms with Gasteiger partial charge in [-0.25, -0.2) is 0 Å². The van der Waals surface area contributed by atoms with E-state index in [0.29, 0.717) is 11.9 Å². The third-order valence-corrected chi connectivity index (χ3v) is 8.32. The molecule has 0 amide bonds. The van der Waals surface area contributed by atoms with Crippen LogP contribution < -0.4 is 5.32 Å². The van der Waals surface area contributed by atoms with Gasteiger partial charge in [-0.1, -0.05) is 41.9 Å². The van der Waals surface area contributed by atoms with Crippen molar-refractivity contribution >= 4 is 23.7 Å². The number of benzene rings is 1. The molecule has 4 heterocycles. The van der Waals surface area contributed by atoms with Crippen LogP contribution in [0.3, 0.4) is 0 Å². The van der Waals surface area contributed by atoms with Crippen molar-refractivity contribution in [1.82, 2.24) is 15.2 Å². The molecule has 0 spiro atoms. The first-order valence-electron chi connectivity index (χ1n) is 12.4. The summed E-state index contributed by atoms with van der Waals surface area (Å²) in [6.45, 7) is 0.772. The number of rotatable bonds is 8. The average molecular weight is 491 g/mol. The Bertz CT molecular complexity index is 1160. The van der Waals surface area contributed by atoms with Crippen LogP contribution in [0, 0.1) is 5.41 Å². The molecule has 7 nitrogen and oxygen atoms in total. The number of fused-ring (bicyclic) bond motifs is 3. The Kier molecular flexibility index (Phi) is 6.12. The zero-order valence-corrected chi connectivity index (χ0v) is 20.7. The molecule has 0 atom stereocenters. The van der Waals surface area contributed by atoms with Crippen molar-refractivity contribution in [2.24, 2.45) is 5.41 Å². The lowest BCUT2D eigenvalue weighted by molar-refractivity contribution is -0.174. The van der Waals surface area contributed by atoms with Crippen LogP contribution in [0.15, 0.2) is 58.5 Å². The number of ether oxygens (including phenoxy) is 1. The zero-order chi connectivity index (χ0) is 23.7. The third kappa shape index (κ3) is 4.50. The van der Waals surface area contributed by atoms with E-state index in [-0.39, 0.29) is 11.0 Å². The van der Waals surface area contributed by atoms with E-state index in [4.69, 9.17) is 13.3 Å². The fraction of sp³-hybridized carbons (Fsp3) is 0.444. The van der Waals surface area contributed by atoms with Gasteiger partial charge in [0.05, 0.1) is 36.9 Å². The summed E-state index contributed by atoms with van der Waals surface area (Å²) in [5.74, 6) is 1.16. The molecular weight excluding hydrogens is 460 g/mol. The lowest BCUT2D eigenvalue weighted by Crippen LogP contribution is -2.48. The highest BCUT2D eigenvalue weighted by atomic mass is 32.2. The smallest absolute Gasteiger partial charge is 0.320 e. The number of pyridine rings is 1. The highest BCUT2D eigenvalue weighted by Gasteiger charge is 2.49. The Hall–Kier alpha value is -2.68. The van der Waals surface area contributed by atoms with Crippen LogP contribution in [0.5, 0.6) is 0 Å². The van der Waals surface area contributed by atoms with E-state index in [2.05, 4.69) is 56.2 Å². The first kappa shape index (κ1) is 22.8. The Morgan fingerprint density at radius 2 is 1.89 bits per heavy atom. The van der Waals surface area contributed by atoms with E-state index in [0.717, 1.165) is 68.0 Å². The maximum Gasteiger partial charge on any atom is 0.320 e. The molecule has 4 fully saturated rings. The van der Waals surface area contributed by atoms with E-state index in [1.54, 1.807) is 13.3 Å². The van der Waals surface area contributed by atoms with Gasteiger partial charge in [0.1, 0.15) is 0 Å². The van der Waals surface area contributed by atoms with E-state index in [1.807, 2.05) is 12.1 Å². The first-order chi connectivity index (χ1) is 17.2. The third-order valence-electron chi connectivity index (χ3n) is 7.88. The summed E-state index contributed by atoms with van der Waals surface area (Å²) in [5, 5.41) is 13.5. The minimum Gasteiger partial charge on any atom is -0.408 e. The monoisotopic (exact) mass is 490 g/mol. The van der Waals surface area contributed by atoms with Gasteiger partial charge in [0.15, 0.2) is 0 Å². The first-order valence-corrected chi connectivity index (χ1v) is 13.2. The van der Waals surface area contributed by atoms with E-state index < -0.39 is 0 Å². The number of aromatic nitrogens is 3. The molecule has 1 aromatic carbocycles. The summed E-state index contributed by atoms with van der Waals surface area (Å²) in [4.78, 5) is 4.64. The number of nitrogens with zero attached hydrogens (tertiary/aromatic N) is 3. The standard InChI is InChI=1S/C27H30N4O3S/c1-32-35-16-15-26-11-13-27(14-12-26,33-18-26)21-7-5-19(6-8-21)23-10-9-22(17-28-23)29-25-31-30-24(34-25)20-3-2-4-20/h5-10,15-17,20H,2-4,11-14,18H2,1H3,(H,29,31). The summed E-state index contributed by atoms with van der Waals surface area (Å²) in [6, 6.07) is 13.1. The highest BCUT2D eigenvalue weighted by molar-refractivity contribution is 7.97. The molecule has 3 aromatic rings. The van der Waals surface area contributed by atoms with Crippen LogP contribution in [-0.2, 0) is 14.5 Å². The van der Waals surface area contributed by atoms with Crippen LogP contribution in [0.25, 0.3) is 11.3 Å². The van der Waals surface area contributed by atoms with E-state index in [1.165, 1.54) is 24.0 Å². The highest BCUT2D eigenvalue weighted by Crippen LogP contribution is 2.54. The minimum atomic E-state index is -0.161. The fourth-order valence-corrected chi connectivity index (χ4v) is 5.80. The van der Waals surface area contributed by atoms with Crippen LogP contribution in [-0.4, -0.2) is 28.9 Å². The van der Waals surface area contributed by atoms with Gasteiger partial charge in [-0.3, -0.25) is 4.98 Å². The quantitative estimate of drug-likeness (QED) is 0.348. The molecule has 1 N–H and O–H groups in total. The lowest BCUT2D eigenvalue weighted by Gasteiger charge is -2.52. The fourth-order valence-electron chi connectivity index (χ4n) is 5.35. The largest absolute Gasteiger partial charge is 0.408 e. The number of nitrogens with one attached hydrogen (secondary N) is 1. The molecule has 8 heteroatoms. The van der Waals surface area contributed by atoms with Crippen LogP contribution in [0.2, 0.25) is 0 Å². The molecule has 35 heavy (non-hydrogen) atoms. The van der Waals surface area contributed by atoms with Crippen molar-refractivity contribution in [3.8, 4) is 11.3 Å². The van der Waals surface area contributed by atoms with Crippen LogP contribution in [0.1, 0.15) is 62.3 Å². The molecule has 2 saturated heterocycles. The topological polar surface area (TPSA) is 82.3 Å². The molecule has 7 rings (SSSR count). The van der Waals surface area contributed by atoms with Crippen LogP contribution >= 0.6 is 12.0 Å². The molecular formula is C27H30N4O3S. The molecule has 4 aliphatic rings. The number of hydrogen-bond acceptors (Lipinski definition) is 8. The Labute approximate surface area is 209 Å². The second-order valence-electron chi connectivity index (χ2n) is 9.92. The predicted molar refractivity (Wildman–Crippen MR) is 136 cm³/mol. The molecule has 0 radical (unpaired) electrons. The summed E-state index contributed by atoms with van der Waals surface area (Å²) in [7, 11) is 1.70. The SMILES string of the molecule is COSC=CC12CCC(c3ccc(-c4ccc(Nc5nnc(C6CCC6)o5)cn4)cc3)(CC1)OC2. The normalized spacial score (nSPS) is 26.2. The summed E-state index contributed by atoms with van der Waals surface area (Å²) in [5.41, 5.74) is 4.10. The predicted octanol–water partition coefficient (Wildman–Crippen LogP) is 6.74. The van der Waals surface area contributed by atoms with Gasteiger partial charge in [0, 0.05) is 28.9 Å². The number of hydrogen-bond donors (Lipinski definition) is 1. The van der Waals surface area contributed by atoms with Crippen molar-refractivity contribution in [2.75, 3.05) is 19.0 Å². The van der Waals surface area contributed by atoms with Gasteiger partial charge in [-0.15, -0.1) is 5.10 Å². The summed E-state index contributed by atoms with van der Waals surface area (Å²) >= 11 is 1.38. The molecule has 2 aromatic heterocycles. The Morgan fingerprint density at radius 3 is 2.51 bits per heavy atom. The molecule has 2 aliphatic carbocycles. The number of anilines is 2. The maximum atomic E-state index is 6.48. The van der Waals surface area contributed by atoms with Crippen molar-refractivity contribution in [2.45, 2.75) is 56.5 Å². The summed E-state index contributed by atoms with van der Waals surface area (Å²) in [6.07, 6.45) is 12.0. The average Bonchev–Trinajstić information content (AvgIpc) is 3.32. The molecule has 2 saturated carbocycles. The Balaban J connectivity index is 1.10. The van der Waals surface area contributed by atoms with Crippen molar-refractivity contribution in [3.05, 3.63) is 65.5 Å². The van der Waals surface area contributed by atoms with Crippen molar-refractivity contribution in [3.63, 3.8) is 0 Å². The molecule has 0 unspecified atom stereocenters. The maximum absolute atomic E-state index is 6.48. The van der Waals surface area contributed by atoms with Crippen molar-refractivity contribution < 1.29 is 13.3 Å². The summed E-state index contributed by atoms with van der Waals surface area (Å²) < 4.78 is 17.3. The van der Waals surface area contributed by atoms with Gasteiger partial charge < -0.3 is 18.7 Å². The van der Waals surface area contributed by atoms with Crippen LogP contribution in [0.4, 0.5) is 11.7 Å². The van der Waals surface area contributed by atoms with Gasteiger partial charge >= 0.3 is 6.01 Å². The lowest BCUT2D eigenvalue weighted by atomic mass is 9.64. The minimum absolute atomic E-state index is 0.160. The molecule has 2 aliphatic heterocycles. The van der Waals surface area contributed by atoms with E-state index in [9.17, 15) is 0 Å². The second-order valence-corrected chi connectivity index (χ2v) is 10.7. The van der Waals surface area contributed by atoms with Crippen molar-refractivity contribution in [1.29, 1.82) is 0 Å². The van der Waals surface area contributed by atoms with Gasteiger partial charge in [-0.2, -0.15) is 0 Å². The zero-order valence-electron chi connectivity index (χ0n) is 19.9. The van der Waals surface area contributed by atoms with Gasteiger partial charge in [-0.05, 0) is 61.6 Å². The second kappa shape index (κ2) is 9.41. The van der Waals surface area contributed by atoms with E-state index >= 15 is 0 Å². The van der Waals surface area contributed by atoms with Gasteiger partial charge in [0.25, 0.3) is 0 Å². The van der Waals surface area contributed by atoms with Gasteiger partial charge in [0.2, 0.25) is 5.89 Å².